The number of carboxylic acid groups (broad SMARTS) is 1. The molecule has 4 rings (SSSR count). The molecule has 1 aliphatic rings. The average Bonchev–Trinajstić information content (AvgIpc) is 2.96. The van der Waals surface area contributed by atoms with Gasteiger partial charge in [0.1, 0.15) is 4.32 Å². The van der Waals surface area contributed by atoms with Crippen LogP contribution in [-0.4, -0.2) is 32.7 Å². The van der Waals surface area contributed by atoms with Crippen molar-refractivity contribution < 1.29 is 14.7 Å². The number of carbonyl (C=O) groups excluding carboxylic acids is 1. The summed E-state index contributed by atoms with van der Waals surface area (Å²) < 4.78 is 0.401. The predicted molar refractivity (Wildman–Crippen MR) is 118 cm³/mol. The van der Waals surface area contributed by atoms with Crippen LogP contribution in [0.15, 0.2) is 53.4 Å². The molecular weight excluding hydrogens is 390 g/mol. The van der Waals surface area contributed by atoms with Crippen LogP contribution >= 0.6 is 24.0 Å². The van der Waals surface area contributed by atoms with Crippen LogP contribution < -0.4 is 0 Å². The molecule has 140 valence electrons. The van der Waals surface area contributed by atoms with Gasteiger partial charge in [-0.05, 0) is 45.7 Å². The number of aliphatic carboxylic acids is 1. The molecule has 0 atom stereocenters. The summed E-state index contributed by atoms with van der Waals surface area (Å²) in [4.78, 5) is 25.6. The van der Waals surface area contributed by atoms with E-state index in [9.17, 15) is 9.59 Å². The van der Waals surface area contributed by atoms with Crippen molar-refractivity contribution in [1.82, 2.24) is 4.90 Å². The topological polar surface area (TPSA) is 57.6 Å². The molecule has 3 aromatic carbocycles. The number of aryl methyl sites for hydroxylation is 1. The van der Waals surface area contributed by atoms with Gasteiger partial charge in [0, 0.05) is 6.54 Å². The molecule has 0 aliphatic carbocycles. The number of rotatable bonds is 4. The van der Waals surface area contributed by atoms with Crippen LogP contribution in [0.1, 0.15) is 17.5 Å². The number of amides is 1. The fourth-order valence-corrected chi connectivity index (χ4v) is 4.86. The molecule has 1 aliphatic heterocycles. The van der Waals surface area contributed by atoms with E-state index in [1.807, 2.05) is 30.3 Å². The minimum atomic E-state index is -0.950. The maximum Gasteiger partial charge on any atom is 0.305 e. The Labute approximate surface area is 171 Å². The normalized spacial score (nSPS) is 15.9. The lowest BCUT2D eigenvalue weighted by molar-refractivity contribution is -0.137. The average molecular weight is 408 g/mol. The monoisotopic (exact) mass is 407 g/mol. The second-order valence-corrected chi connectivity index (χ2v) is 8.28. The number of benzene rings is 3. The molecule has 0 radical (unpaired) electrons. The lowest BCUT2D eigenvalue weighted by Gasteiger charge is -2.13. The molecule has 1 fully saturated rings. The van der Waals surface area contributed by atoms with Crippen molar-refractivity contribution in [3.8, 4) is 0 Å². The fourth-order valence-electron chi connectivity index (χ4n) is 3.57. The zero-order chi connectivity index (χ0) is 19.8. The van der Waals surface area contributed by atoms with Crippen molar-refractivity contribution in [2.24, 2.45) is 0 Å². The standard InChI is InChI=1S/C22H17NO3S2/c1-13-14-6-2-4-8-16(14)18(17-9-5-3-7-15(13)17)12-19-21(26)23(22(27)28-19)11-10-20(24)25/h2-9,12H,10-11H2,1H3,(H,24,25). The van der Waals surface area contributed by atoms with E-state index >= 15 is 0 Å². The van der Waals surface area contributed by atoms with Crippen LogP contribution in [0.5, 0.6) is 0 Å². The summed E-state index contributed by atoms with van der Waals surface area (Å²) in [5.41, 5.74) is 2.19. The highest BCUT2D eigenvalue weighted by atomic mass is 32.2. The Morgan fingerprint density at radius 3 is 2.14 bits per heavy atom. The number of thioether (sulfide) groups is 1. The number of thiocarbonyl (C=S) groups is 1. The van der Waals surface area contributed by atoms with Crippen molar-refractivity contribution in [3.05, 3.63) is 64.6 Å². The van der Waals surface area contributed by atoms with Gasteiger partial charge in [0.15, 0.2) is 0 Å². The molecule has 4 nitrogen and oxygen atoms in total. The van der Waals surface area contributed by atoms with Gasteiger partial charge in [-0.25, -0.2) is 0 Å². The van der Waals surface area contributed by atoms with Gasteiger partial charge < -0.3 is 5.11 Å². The number of carbonyl (C=O) groups is 2. The third-order valence-electron chi connectivity index (χ3n) is 4.94. The smallest absolute Gasteiger partial charge is 0.305 e. The van der Waals surface area contributed by atoms with Gasteiger partial charge in [0.25, 0.3) is 5.91 Å². The van der Waals surface area contributed by atoms with Gasteiger partial charge in [0.05, 0.1) is 11.3 Å². The molecule has 0 unspecified atom stereocenters. The molecule has 1 heterocycles. The molecule has 0 saturated carbocycles. The number of fused-ring (bicyclic) bond motifs is 2. The van der Waals surface area contributed by atoms with E-state index < -0.39 is 5.97 Å². The minimum Gasteiger partial charge on any atom is -0.481 e. The first-order chi connectivity index (χ1) is 13.5. The summed E-state index contributed by atoms with van der Waals surface area (Å²) >= 11 is 6.54. The summed E-state index contributed by atoms with van der Waals surface area (Å²) in [5.74, 6) is -1.18. The molecule has 1 saturated heterocycles. The number of nitrogens with zero attached hydrogens (tertiary/aromatic N) is 1. The van der Waals surface area contributed by atoms with Crippen LogP contribution in [0.2, 0.25) is 0 Å². The molecular formula is C22H17NO3S2. The second-order valence-electron chi connectivity index (χ2n) is 6.61. The summed E-state index contributed by atoms with van der Waals surface area (Å²) in [6.45, 7) is 2.20. The lowest BCUT2D eigenvalue weighted by Crippen LogP contribution is -2.30. The highest BCUT2D eigenvalue weighted by Gasteiger charge is 2.32. The minimum absolute atomic E-state index is 0.0900. The highest BCUT2D eigenvalue weighted by molar-refractivity contribution is 8.26. The highest BCUT2D eigenvalue weighted by Crippen LogP contribution is 2.38. The van der Waals surface area contributed by atoms with Crippen molar-refractivity contribution in [3.63, 3.8) is 0 Å². The van der Waals surface area contributed by atoms with Crippen molar-refractivity contribution in [1.29, 1.82) is 0 Å². The second kappa shape index (κ2) is 7.37. The van der Waals surface area contributed by atoms with Crippen molar-refractivity contribution in [2.45, 2.75) is 13.3 Å². The van der Waals surface area contributed by atoms with E-state index in [2.05, 4.69) is 31.2 Å². The molecule has 0 spiro atoms. The Bertz CT molecular complexity index is 1130. The number of hydrogen-bond donors (Lipinski definition) is 1. The van der Waals surface area contributed by atoms with E-state index in [4.69, 9.17) is 17.3 Å². The fraction of sp³-hybridized carbons (Fsp3) is 0.136. The van der Waals surface area contributed by atoms with Crippen LogP contribution in [0, 0.1) is 6.92 Å². The van der Waals surface area contributed by atoms with Crippen LogP contribution in [0.3, 0.4) is 0 Å². The SMILES string of the molecule is Cc1c2ccccc2c(C=C2SC(=S)N(CCC(=O)O)C2=O)c2ccccc12. The number of hydrogen-bond acceptors (Lipinski definition) is 4. The quantitative estimate of drug-likeness (QED) is 0.376. The van der Waals surface area contributed by atoms with Crippen molar-refractivity contribution >= 4 is 67.8 Å². The molecule has 0 aromatic heterocycles. The Kier molecular flexibility index (Phi) is 4.91. The Morgan fingerprint density at radius 2 is 1.61 bits per heavy atom. The zero-order valence-electron chi connectivity index (χ0n) is 15.1. The summed E-state index contributed by atoms with van der Waals surface area (Å²) in [5, 5.41) is 13.4. The molecule has 1 N–H and O–H groups in total. The number of carboxylic acids is 1. The Balaban J connectivity index is 1.87. The van der Waals surface area contributed by atoms with E-state index in [0.717, 1.165) is 27.1 Å². The van der Waals surface area contributed by atoms with E-state index in [0.29, 0.717) is 9.23 Å². The van der Waals surface area contributed by atoms with E-state index in [-0.39, 0.29) is 18.9 Å². The largest absolute Gasteiger partial charge is 0.481 e. The van der Waals surface area contributed by atoms with E-state index in [1.54, 1.807) is 0 Å². The first kappa shape index (κ1) is 18.7. The Hall–Kier alpha value is -2.70. The molecule has 6 heteroatoms. The molecule has 28 heavy (non-hydrogen) atoms. The molecule has 3 aromatic rings. The zero-order valence-corrected chi connectivity index (χ0v) is 16.8. The third kappa shape index (κ3) is 3.19. The summed E-state index contributed by atoms with van der Waals surface area (Å²) in [6.07, 6.45) is 1.76. The maximum atomic E-state index is 12.8. The lowest BCUT2D eigenvalue weighted by atomic mass is 9.92. The third-order valence-corrected chi connectivity index (χ3v) is 6.32. The van der Waals surface area contributed by atoms with Gasteiger partial charge in [-0.3, -0.25) is 14.5 Å². The van der Waals surface area contributed by atoms with Gasteiger partial charge in [0.2, 0.25) is 0 Å². The van der Waals surface area contributed by atoms with Gasteiger partial charge in [-0.2, -0.15) is 0 Å². The van der Waals surface area contributed by atoms with Gasteiger partial charge in [-0.1, -0.05) is 72.5 Å². The van der Waals surface area contributed by atoms with Crippen LogP contribution in [0.4, 0.5) is 0 Å². The summed E-state index contributed by atoms with van der Waals surface area (Å²) in [7, 11) is 0. The molecule has 0 bridgehead atoms. The van der Waals surface area contributed by atoms with Gasteiger partial charge >= 0.3 is 5.97 Å². The Morgan fingerprint density at radius 1 is 1.07 bits per heavy atom. The summed E-state index contributed by atoms with van der Waals surface area (Å²) in [6, 6.07) is 16.3. The maximum absolute atomic E-state index is 12.8. The van der Waals surface area contributed by atoms with Crippen LogP contribution in [-0.2, 0) is 9.59 Å². The first-order valence-corrected chi connectivity index (χ1v) is 10.1. The van der Waals surface area contributed by atoms with Gasteiger partial charge in [-0.15, -0.1) is 0 Å². The van der Waals surface area contributed by atoms with Crippen LogP contribution in [0.25, 0.3) is 27.6 Å². The predicted octanol–water partition coefficient (Wildman–Crippen LogP) is 4.98. The van der Waals surface area contributed by atoms with Crippen molar-refractivity contribution in [2.75, 3.05) is 6.54 Å². The molecule has 1 amide bonds. The van der Waals surface area contributed by atoms with E-state index in [1.165, 1.54) is 22.2 Å². The first-order valence-electron chi connectivity index (χ1n) is 8.84.